The molecule has 0 aromatic heterocycles. The number of amides is 1. The highest BCUT2D eigenvalue weighted by Crippen LogP contribution is 2.22. The van der Waals surface area contributed by atoms with Crippen LogP contribution in [0.15, 0.2) is 59.7 Å². The van der Waals surface area contributed by atoms with Gasteiger partial charge >= 0.3 is 0 Å². The van der Waals surface area contributed by atoms with E-state index in [1.807, 2.05) is 61.5 Å². The molecular formula is C19H22N2O. The predicted octanol–water partition coefficient (Wildman–Crippen LogP) is 4.14. The number of carbonyl (C=O) groups is 1. The predicted molar refractivity (Wildman–Crippen MR) is 91.3 cm³/mol. The van der Waals surface area contributed by atoms with E-state index in [0.717, 1.165) is 11.3 Å². The van der Waals surface area contributed by atoms with Gasteiger partial charge in [0, 0.05) is 5.56 Å². The minimum Gasteiger partial charge on any atom is -0.267 e. The van der Waals surface area contributed by atoms with Crippen LogP contribution >= 0.6 is 0 Å². The molecule has 114 valence electrons. The lowest BCUT2D eigenvalue weighted by Crippen LogP contribution is -2.19. The zero-order valence-corrected chi connectivity index (χ0v) is 13.6. The van der Waals surface area contributed by atoms with Crippen molar-refractivity contribution in [1.82, 2.24) is 5.43 Å². The van der Waals surface area contributed by atoms with Crippen LogP contribution in [0.4, 0.5) is 0 Å². The fourth-order valence-corrected chi connectivity index (χ4v) is 2.06. The Balaban J connectivity index is 2.07. The zero-order chi connectivity index (χ0) is 16.2. The van der Waals surface area contributed by atoms with E-state index in [9.17, 15) is 4.79 Å². The molecule has 2 rings (SSSR count). The molecule has 0 fully saturated rings. The highest BCUT2D eigenvalue weighted by Gasteiger charge is 2.14. The first kappa shape index (κ1) is 16.0. The van der Waals surface area contributed by atoms with Crippen molar-refractivity contribution in [3.05, 3.63) is 71.3 Å². The summed E-state index contributed by atoms with van der Waals surface area (Å²) in [7, 11) is 0. The monoisotopic (exact) mass is 294 g/mol. The first-order chi connectivity index (χ1) is 10.4. The Hall–Kier alpha value is -2.42. The molecule has 22 heavy (non-hydrogen) atoms. The molecule has 1 N–H and O–H groups in total. The van der Waals surface area contributed by atoms with Crippen molar-refractivity contribution >= 4 is 11.6 Å². The van der Waals surface area contributed by atoms with Crippen molar-refractivity contribution in [1.29, 1.82) is 0 Å². The molecule has 0 atom stereocenters. The number of hydrazone groups is 1. The first-order valence-corrected chi connectivity index (χ1v) is 7.38. The Morgan fingerprint density at radius 2 is 1.50 bits per heavy atom. The van der Waals surface area contributed by atoms with Gasteiger partial charge in [-0.05, 0) is 35.6 Å². The molecule has 2 aromatic carbocycles. The summed E-state index contributed by atoms with van der Waals surface area (Å²) in [5.74, 6) is -0.198. The van der Waals surface area contributed by atoms with Crippen LogP contribution in [0.3, 0.4) is 0 Å². The van der Waals surface area contributed by atoms with Crippen molar-refractivity contribution in [2.45, 2.75) is 33.1 Å². The molecule has 0 spiro atoms. The topological polar surface area (TPSA) is 41.5 Å². The highest BCUT2D eigenvalue weighted by molar-refractivity contribution is 6.00. The van der Waals surface area contributed by atoms with Crippen LogP contribution in [-0.2, 0) is 5.41 Å². The lowest BCUT2D eigenvalue weighted by molar-refractivity contribution is 0.0955. The minimum absolute atomic E-state index is 0.0804. The smallest absolute Gasteiger partial charge is 0.267 e. The number of rotatable bonds is 3. The second-order valence-corrected chi connectivity index (χ2v) is 6.33. The minimum atomic E-state index is -0.198. The lowest BCUT2D eigenvalue weighted by Gasteiger charge is -2.18. The van der Waals surface area contributed by atoms with Crippen LogP contribution in [0.1, 0.15) is 49.2 Å². The summed E-state index contributed by atoms with van der Waals surface area (Å²) in [6.07, 6.45) is 0. The lowest BCUT2D eigenvalue weighted by atomic mass is 9.87. The maximum Gasteiger partial charge on any atom is 0.271 e. The molecule has 0 unspecified atom stereocenters. The van der Waals surface area contributed by atoms with E-state index in [2.05, 4.69) is 31.3 Å². The maximum atomic E-state index is 12.1. The molecular weight excluding hydrogens is 272 g/mol. The molecule has 3 nitrogen and oxygen atoms in total. The fraction of sp³-hybridized carbons (Fsp3) is 0.263. The van der Waals surface area contributed by atoms with E-state index in [0.29, 0.717) is 5.56 Å². The van der Waals surface area contributed by atoms with E-state index >= 15 is 0 Å². The van der Waals surface area contributed by atoms with Gasteiger partial charge in [0.1, 0.15) is 0 Å². The number of benzene rings is 2. The average molecular weight is 294 g/mol. The summed E-state index contributed by atoms with van der Waals surface area (Å²) in [4.78, 5) is 12.1. The Labute approximate surface area is 132 Å². The normalized spacial score (nSPS) is 12.1. The van der Waals surface area contributed by atoms with Gasteiger partial charge in [0.25, 0.3) is 5.91 Å². The zero-order valence-electron chi connectivity index (χ0n) is 13.6. The number of hydrogen-bond acceptors (Lipinski definition) is 2. The molecule has 3 heteroatoms. The first-order valence-electron chi connectivity index (χ1n) is 7.38. The maximum absolute atomic E-state index is 12.1. The van der Waals surface area contributed by atoms with Crippen LogP contribution in [0.2, 0.25) is 0 Å². The Kier molecular flexibility index (Phi) is 4.76. The molecule has 0 aliphatic carbocycles. The van der Waals surface area contributed by atoms with E-state index < -0.39 is 0 Å². The van der Waals surface area contributed by atoms with Gasteiger partial charge < -0.3 is 0 Å². The van der Waals surface area contributed by atoms with Gasteiger partial charge in [-0.15, -0.1) is 0 Å². The Bertz CT molecular complexity index is 665. The largest absolute Gasteiger partial charge is 0.271 e. The van der Waals surface area contributed by atoms with Crippen LogP contribution in [0.25, 0.3) is 0 Å². The van der Waals surface area contributed by atoms with Crippen LogP contribution in [0, 0.1) is 0 Å². The van der Waals surface area contributed by atoms with Crippen molar-refractivity contribution in [3.8, 4) is 0 Å². The summed E-state index contributed by atoms with van der Waals surface area (Å²) in [6.45, 7) is 8.32. The van der Waals surface area contributed by atoms with E-state index in [-0.39, 0.29) is 11.3 Å². The summed E-state index contributed by atoms with van der Waals surface area (Å²) in [5.41, 5.74) is 6.27. The molecule has 0 aliphatic rings. The Morgan fingerprint density at radius 3 is 2.05 bits per heavy atom. The number of carbonyl (C=O) groups excluding carboxylic acids is 1. The summed E-state index contributed by atoms with van der Waals surface area (Å²) >= 11 is 0. The van der Waals surface area contributed by atoms with Gasteiger partial charge in [0.2, 0.25) is 0 Å². The number of nitrogens with one attached hydrogen (secondary N) is 1. The molecule has 0 aliphatic heterocycles. The summed E-state index contributed by atoms with van der Waals surface area (Å²) < 4.78 is 0. The molecule has 0 saturated heterocycles. The second-order valence-electron chi connectivity index (χ2n) is 6.33. The van der Waals surface area contributed by atoms with Crippen LogP contribution < -0.4 is 5.43 Å². The van der Waals surface area contributed by atoms with Crippen molar-refractivity contribution in [2.75, 3.05) is 0 Å². The third kappa shape index (κ3) is 4.04. The second kappa shape index (κ2) is 6.56. The van der Waals surface area contributed by atoms with Gasteiger partial charge in [0.15, 0.2) is 0 Å². The third-order valence-corrected chi connectivity index (χ3v) is 3.53. The van der Waals surface area contributed by atoms with Crippen molar-refractivity contribution in [3.63, 3.8) is 0 Å². The van der Waals surface area contributed by atoms with Crippen molar-refractivity contribution in [2.24, 2.45) is 5.10 Å². The van der Waals surface area contributed by atoms with Crippen molar-refractivity contribution < 1.29 is 4.79 Å². The van der Waals surface area contributed by atoms with Gasteiger partial charge in [-0.3, -0.25) is 4.79 Å². The van der Waals surface area contributed by atoms with Gasteiger partial charge in [-0.1, -0.05) is 63.2 Å². The molecule has 0 radical (unpaired) electrons. The Morgan fingerprint density at radius 1 is 0.909 bits per heavy atom. The van der Waals surface area contributed by atoms with E-state index in [4.69, 9.17) is 0 Å². The molecule has 2 aromatic rings. The van der Waals surface area contributed by atoms with E-state index in [1.165, 1.54) is 5.56 Å². The third-order valence-electron chi connectivity index (χ3n) is 3.53. The average Bonchev–Trinajstić information content (AvgIpc) is 2.52. The van der Waals surface area contributed by atoms with Crippen LogP contribution in [-0.4, -0.2) is 11.6 Å². The SMILES string of the molecule is C/C(=N/NC(=O)c1ccc(C(C)(C)C)cc1)c1ccccc1. The molecule has 1 amide bonds. The van der Waals surface area contributed by atoms with Crippen LogP contribution in [0.5, 0.6) is 0 Å². The van der Waals surface area contributed by atoms with Gasteiger partial charge in [0.05, 0.1) is 5.71 Å². The van der Waals surface area contributed by atoms with E-state index in [1.54, 1.807) is 0 Å². The quantitative estimate of drug-likeness (QED) is 0.671. The van der Waals surface area contributed by atoms with Gasteiger partial charge in [-0.2, -0.15) is 5.10 Å². The molecule has 0 heterocycles. The summed E-state index contributed by atoms with van der Waals surface area (Å²) in [5, 5.41) is 4.16. The highest BCUT2D eigenvalue weighted by atomic mass is 16.2. The number of hydrogen-bond donors (Lipinski definition) is 1. The van der Waals surface area contributed by atoms with Gasteiger partial charge in [-0.25, -0.2) is 5.43 Å². The molecule has 0 bridgehead atoms. The number of nitrogens with zero attached hydrogens (tertiary/aromatic N) is 1. The fourth-order valence-electron chi connectivity index (χ4n) is 2.06. The standard InChI is InChI=1S/C19H22N2O/c1-14(15-8-6-5-7-9-15)20-21-18(22)16-10-12-17(13-11-16)19(2,3)4/h5-13H,1-4H3,(H,21,22)/b20-14-. The summed E-state index contributed by atoms with van der Waals surface area (Å²) in [6, 6.07) is 17.4. The molecule has 0 saturated carbocycles.